The first kappa shape index (κ1) is 7.10. The molecule has 58 valence electrons. The lowest BCUT2D eigenvalue weighted by molar-refractivity contribution is 0.816. The molecule has 2 heterocycles. The molecule has 0 aromatic carbocycles. The van der Waals surface area contributed by atoms with Crippen molar-refractivity contribution >= 4 is 21.7 Å². The fraction of sp³-hybridized carbons (Fsp3) is 0.375. The molecule has 0 aliphatic carbocycles. The molecule has 0 atom stereocenters. The highest BCUT2D eigenvalue weighted by Crippen LogP contribution is 2.22. The van der Waals surface area contributed by atoms with E-state index in [1.165, 1.54) is 12.0 Å². The fourth-order valence-electron chi connectivity index (χ4n) is 1.32. The van der Waals surface area contributed by atoms with Crippen molar-refractivity contribution in [3.05, 3.63) is 22.3 Å². The highest BCUT2D eigenvalue weighted by molar-refractivity contribution is 9.10. The number of hydrogen-bond donors (Lipinski definition) is 1. The van der Waals surface area contributed by atoms with Gasteiger partial charge in [0.05, 0.1) is 0 Å². The Morgan fingerprint density at radius 1 is 1.55 bits per heavy atom. The minimum absolute atomic E-state index is 1.06. The van der Waals surface area contributed by atoms with Crippen molar-refractivity contribution in [3.63, 3.8) is 0 Å². The van der Waals surface area contributed by atoms with Gasteiger partial charge in [0.2, 0.25) is 0 Å². The second kappa shape index (κ2) is 2.81. The van der Waals surface area contributed by atoms with Crippen LogP contribution in [0.15, 0.2) is 16.7 Å². The number of pyridine rings is 1. The van der Waals surface area contributed by atoms with Gasteiger partial charge in [0.1, 0.15) is 5.82 Å². The Morgan fingerprint density at radius 2 is 2.45 bits per heavy atom. The number of halogens is 1. The smallest absolute Gasteiger partial charge is 0.129 e. The molecule has 0 saturated heterocycles. The van der Waals surface area contributed by atoms with E-state index in [0.29, 0.717) is 0 Å². The van der Waals surface area contributed by atoms with Gasteiger partial charge in [0.15, 0.2) is 0 Å². The van der Waals surface area contributed by atoms with E-state index in [-0.39, 0.29) is 0 Å². The number of aromatic nitrogens is 1. The van der Waals surface area contributed by atoms with Crippen LogP contribution in [-0.4, -0.2) is 11.5 Å². The first-order valence-corrected chi connectivity index (χ1v) is 4.54. The van der Waals surface area contributed by atoms with Gasteiger partial charge in [-0.1, -0.05) is 0 Å². The maximum Gasteiger partial charge on any atom is 0.129 e. The average Bonchev–Trinajstić information content (AvgIpc) is 2.04. The summed E-state index contributed by atoms with van der Waals surface area (Å²) in [5.41, 5.74) is 1.32. The van der Waals surface area contributed by atoms with Gasteiger partial charge in [-0.15, -0.1) is 0 Å². The van der Waals surface area contributed by atoms with Crippen molar-refractivity contribution in [1.29, 1.82) is 0 Å². The van der Waals surface area contributed by atoms with Crippen LogP contribution >= 0.6 is 15.9 Å². The molecular weight excluding hydrogens is 204 g/mol. The molecule has 1 aliphatic rings. The van der Waals surface area contributed by atoms with Crippen LogP contribution in [0.3, 0.4) is 0 Å². The Kier molecular flexibility index (Phi) is 1.82. The van der Waals surface area contributed by atoms with E-state index >= 15 is 0 Å². The summed E-state index contributed by atoms with van der Waals surface area (Å²) in [4.78, 5) is 4.26. The summed E-state index contributed by atoms with van der Waals surface area (Å²) in [6.07, 6.45) is 4.19. The van der Waals surface area contributed by atoms with Crippen LogP contribution in [-0.2, 0) is 6.42 Å². The maximum atomic E-state index is 4.26. The third-order valence-corrected chi connectivity index (χ3v) is 2.28. The number of nitrogens with one attached hydrogen (secondary N) is 1. The molecule has 0 saturated carbocycles. The van der Waals surface area contributed by atoms with Gasteiger partial charge < -0.3 is 5.32 Å². The molecule has 2 rings (SSSR count). The molecule has 0 fully saturated rings. The Bertz CT molecular complexity index is 273. The molecule has 1 N–H and O–H groups in total. The number of fused-ring (bicyclic) bond motifs is 1. The summed E-state index contributed by atoms with van der Waals surface area (Å²) >= 11 is 3.40. The van der Waals surface area contributed by atoms with E-state index in [0.717, 1.165) is 23.3 Å². The summed E-state index contributed by atoms with van der Waals surface area (Å²) in [5.74, 6) is 1.06. The average molecular weight is 213 g/mol. The molecular formula is C8H9BrN2. The van der Waals surface area contributed by atoms with Crippen molar-refractivity contribution in [3.8, 4) is 0 Å². The highest BCUT2D eigenvalue weighted by Gasteiger charge is 2.08. The van der Waals surface area contributed by atoms with Gasteiger partial charge >= 0.3 is 0 Å². The van der Waals surface area contributed by atoms with Crippen molar-refractivity contribution in [1.82, 2.24) is 4.98 Å². The SMILES string of the molecule is Brc1cnc2c(c1)CCCN2. The topological polar surface area (TPSA) is 24.9 Å². The van der Waals surface area contributed by atoms with Crippen LogP contribution in [0.1, 0.15) is 12.0 Å². The monoisotopic (exact) mass is 212 g/mol. The summed E-state index contributed by atoms with van der Waals surface area (Å²) in [7, 11) is 0. The molecule has 0 bridgehead atoms. The Hall–Kier alpha value is -0.570. The van der Waals surface area contributed by atoms with Crippen molar-refractivity contribution in [2.75, 3.05) is 11.9 Å². The Labute approximate surface area is 74.2 Å². The first-order valence-electron chi connectivity index (χ1n) is 3.74. The van der Waals surface area contributed by atoms with Gasteiger partial charge in [0, 0.05) is 17.2 Å². The van der Waals surface area contributed by atoms with Gasteiger partial charge in [0.25, 0.3) is 0 Å². The summed E-state index contributed by atoms with van der Waals surface area (Å²) in [5, 5.41) is 3.26. The van der Waals surface area contributed by atoms with Gasteiger partial charge in [-0.05, 0) is 40.4 Å². The van der Waals surface area contributed by atoms with Crippen molar-refractivity contribution < 1.29 is 0 Å². The van der Waals surface area contributed by atoms with Crippen LogP contribution in [0, 0.1) is 0 Å². The van der Waals surface area contributed by atoms with Gasteiger partial charge in [-0.25, -0.2) is 4.98 Å². The predicted octanol–water partition coefficient (Wildman–Crippen LogP) is 2.20. The van der Waals surface area contributed by atoms with Gasteiger partial charge in [-0.3, -0.25) is 0 Å². The summed E-state index contributed by atoms with van der Waals surface area (Å²) in [6.45, 7) is 1.06. The molecule has 3 heteroatoms. The summed E-state index contributed by atoms with van der Waals surface area (Å²) < 4.78 is 1.07. The zero-order valence-corrected chi connectivity index (χ0v) is 7.69. The third-order valence-electron chi connectivity index (χ3n) is 1.85. The number of nitrogens with zero attached hydrogens (tertiary/aromatic N) is 1. The van der Waals surface area contributed by atoms with Crippen LogP contribution in [0.5, 0.6) is 0 Å². The Morgan fingerprint density at radius 3 is 3.36 bits per heavy atom. The maximum absolute atomic E-state index is 4.26. The fourth-order valence-corrected chi connectivity index (χ4v) is 1.70. The van der Waals surface area contributed by atoms with Crippen molar-refractivity contribution in [2.24, 2.45) is 0 Å². The standard InChI is InChI=1S/C8H9BrN2/c9-7-4-6-2-1-3-10-8(6)11-5-7/h4-5H,1-3H2,(H,10,11). The number of anilines is 1. The van der Waals surface area contributed by atoms with Crippen LogP contribution in [0.25, 0.3) is 0 Å². The van der Waals surface area contributed by atoms with Crippen LogP contribution in [0.4, 0.5) is 5.82 Å². The van der Waals surface area contributed by atoms with Crippen molar-refractivity contribution in [2.45, 2.75) is 12.8 Å². The second-order valence-electron chi connectivity index (χ2n) is 2.69. The minimum atomic E-state index is 1.06. The van der Waals surface area contributed by atoms with E-state index in [2.05, 4.69) is 32.3 Å². The third kappa shape index (κ3) is 1.38. The molecule has 11 heavy (non-hydrogen) atoms. The minimum Gasteiger partial charge on any atom is -0.370 e. The number of rotatable bonds is 0. The second-order valence-corrected chi connectivity index (χ2v) is 3.61. The lowest BCUT2D eigenvalue weighted by atomic mass is 10.1. The van der Waals surface area contributed by atoms with Crippen LogP contribution in [0.2, 0.25) is 0 Å². The predicted molar refractivity (Wildman–Crippen MR) is 48.7 cm³/mol. The van der Waals surface area contributed by atoms with E-state index in [1.54, 1.807) is 0 Å². The zero-order chi connectivity index (χ0) is 7.68. The molecule has 0 unspecified atom stereocenters. The largest absolute Gasteiger partial charge is 0.370 e. The normalized spacial score (nSPS) is 15.4. The van der Waals surface area contributed by atoms with Gasteiger partial charge in [-0.2, -0.15) is 0 Å². The lowest BCUT2D eigenvalue weighted by Crippen LogP contribution is -2.12. The molecule has 2 nitrogen and oxygen atoms in total. The van der Waals surface area contributed by atoms with E-state index in [4.69, 9.17) is 0 Å². The zero-order valence-electron chi connectivity index (χ0n) is 6.10. The number of hydrogen-bond acceptors (Lipinski definition) is 2. The lowest BCUT2D eigenvalue weighted by Gasteiger charge is -2.16. The first-order chi connectivity index (χ1) is 5.36. The van der Waals surface area contributed by atoms with Crippen LogP contribution < -0.4 is 5.32 Å². The molecule has 0 spiro atoms. The quantitative estimate of drug-likeness (QED) is 0.714. The molecule has 0 amide bonds. The highest BCUT2D eigenvalue weighted by atomic mass is 79.9. The summed E-state index contributed by atoms with van der Waals surface area (Å²) in [6, 6.07) is 2.13. The molecule has 1 aromatic rings. The van der Waals surface area contributed by atoms with E-state index in [9.17, 15) is 0 Å². The van der Waals surface area contributed by atoms with E-state index in [1.807, 2.05) is 6.20 Å². The molecule has 1 aromatic heterocycles. The number of aryl methyl sites for hydroxylation is 1. The molecule has 0 radical (unpaired) electrons. The Balaban J connectivity index is 2.43. The molecule has 1 aliphatic heterocycles. The van der Waals surface area contributed by atoms with E-state index < -0.39 is 0 Å².